The van der Waals surface area contributed by atoms with E-state index in [0.717, 1.165) is 13.0 Å². The van der Waals surface area contributed by atoms with Crippen LogP contribution >= 0.6 is 0 Å². The number of aromatic nitrogens is 1. The van der Waals surface area contributed by atoms with E-state index in [9.17, 15) is 0 Å². The first-order valence-electron chi connectivity index (χ1n) is 9.70. The van der Waals surface area contributed by atoms with Gasteiger partial charge in [-0.3, -0.25) is 4.99 Å². The van der Waals surface area contributed by atoms with Gasteiger partial charge in [0.15, 0.2) is 0 Å². The normalized spacial score (nSPS) is 15.2. The molecule has 0 bridgehead atoms. The van der Waals surface area contributed by atoms with Crippen molar-refractivity contribution in [1.29, 1.82) is 0 Å². The quantitative estimate of drug-likeness (QED) is 0.592. The lowest BCUT2D eigenvalue weighted by atomic mass is 10.1. The number of benzene rings is 2. The Morgan fingerprint density at radius 1 is 0.808 bits per heavy atom. The molecule has 0 amide bonds. The molecule has 0 N–H and O–H groups in total. The fourth-order valence-corrected chi connectivity index (χ4v) is 3.87. The molecule has 0 saturated carbocycles. The molecule has 2 aromatic carbocycles. The van der Waals surface area contributed by atoms with Crippen molar-refractivity contribution in [2.75, 3.05) is 6.54 Å². The van der Waals surface area contributed by atoms with Crippen molar-refractivity contribution in [3.05, 3.63) is 84.2 Å². The summed E-state index contributed by atoms with van der Waals surface area (Å²) in [5.41, 5.74) is 7.04. The number of fused-ring (bicyclic) bond motifs is 1. The van der Waals surface area contributed by atoms with E-state index >= 15 is 0 Å². The molecule has 26 heavy (non-hydrogen) atoms. The maximum atomic E-state index is 4.45. The zero-order chi connectivity index (χ0) is 17.6. The molecule has 2 aliphatic heterocycles. The van der Waals surface area contributed by atoms with Crippen molar-refractivity contribution in [3.8, 4) is 11.1 Å². The van der Waals surface area contributed by atoms with Gasteiger partial charge < -0.3 is 4.57 Å². The van der Waals surface area contributed by atoms with E-state index in [1.165, 1.54) is 60.3 Å². The van der Waals surface area contributed by atoms with E-state index in [1.54, 1.807) is 0 Å². The summed E-state index contributed by atoms with van der Waals surface area (Å²) in [6, 6.07) is 23.5. The molecule has 1 aromatic heterocycles. The maximum Gasteiger partial charge on any atom is 0.0392 e. The fourth-order valence-electron chi connectivity index (χ4n) is 3.87. The second-order valence-electron chi connectivity index (χ2n) is 7.05. The predicted molar refractivity (Wildman–Crippen MR) is 110 cm³/mol. The molecule has 0 fully saturated rings. The van der Waals surface area contributed by atoms with Gasteiger partial charge in [0.25, 0.3) is 0 Å². The van der Waals surface area contributed by atoms with Crippen LogP contribution < -0.4 is 0 Å². The summed E-state index contributed by atoms with van der Waals surface area (Å²) in [5, 5.41) is 0. The van der Waals surface area contributed by atoms with Gasteiger partial charge in [-0.1, -0.05) is 60.7 Å². The molecular weight excluding hydrogens is 316 g/mol. The number of rotatable bonds is 3. The number of nitrogens with zero attached hydrogens (tertiary/aromatic N) is 2. The summed E-state index contributed by atoms with van der Waals surface area (Å²) in [6.07, 6.45) is 8.26. The smallest absolute Gasteiger partial charge is 0.0392 e. The summed E-state index contributed by atoms with van der Waals surface area (Å²) in [5.74, 6) is 0. The molecule has 0 atom stereocenters. The Balaban J connectivity index is 0.000000131. The number of aryl methyl sites for hydroxylation is 1. The second kappa shape index (κ2) is 8.18. The minimum absolute atomic E-state index is 1.04. The maximum absolute atomic E-state index is 4.45. The van der Waals surface area contributed by atoms with Crippen LogP contribution in [0.25, 0.3) is 11.1 Å². The lowest BCUT2D eigenvalue weighted by molar-refractivity contribution is 0.750. The van der Waals surface area contributed by atoms with Crippen LogP contribution in [-0.4, -0.2) is 16.8 Å². The number of aliphatic imine (C=N–C) groups is 1. The first-order valence-corrected chi connectivity index (χ1v) is 9.70. The highest BCUT2D eigenvalue weighted by molar-refractivity contribution is 5.87. The zero-order valence-corrected chi connectivity index (χ0v) is 15.3. The summed E-state index contributed by atoms with van der Waals surface area (Å²) in [6.45, 7) is 2.24. The molecule has 132 valence electrons. The van der Waals surface area contributed by atoms with Gasteiger partial charge in [-0.25, -0.2) is 0 Å². The predicted octanol–water partition coefficient (Wildman–Crippen LogP) is 5.57. The fraction of sp³-hybridized carbons (Fsp3) is 0.292. The molecule has 0 unspecified atom stereocenters. The third kappa shape index (κ3) is 3.96. The van der Waals surface area contributed by atoms with Crippen molar-refractivity contribution in [3.63, 3.8) is 0 Å². The molecule has 2 aliphatic rings. The average Bonchev–Trinajstić information content (AvgIpc) is 3.42. The molecule has 0 saturated heterocycles. The first kappa shape index (κ1) is 16.8. The third-order valence-corrected chi connectivity index (χ3v) is 5.19. The van der Waals surface area contributed by atoms with Gasteiger partial charge in [0.2, 0.25) is 0 Å². The Labute approximate surface area is 156 Å². The van der Waals surface area contributed by atoms with Crippen LogP contribution in [0.5, 0.6) is 0 Å². The Hall–Kier alpha value is -2.61. The van der Waals surface area contributed by atoms with Crippen LogP contribution in [0.15, 0.2) is 77.9 Å². The molecule has 0 radical (unpaired) electrons. The Morgan fingerprint density at radius 2 is 1.58 bits per heavy atom. The highest BCUT2D eigenvalue weighted by Gasteiger charge is 2.14. The molecule has 2 heteroatoms. The lowest BCUT2D eigenvalue weighted by Crippen LogP contribution is -1.97. The van der Waals surface area contributed by atoms with E-state index < -0.39 is 0 Å². The molecule has 3 aromatic rings. The third-order valence-electron chi connectivity index (χ3n) is 5.19. The molecule has 3 heterocycles. The largest absolute Gasteiger partial charge is 0.351 e. The van der Waals surface area contributed by atoms with Crippen molar-refractivity contribution >= 4 is 5.71 Å². The van der Waals surface area contributed by atoms with Crippen LogP contribution in [0.2, 0.25) is 0 Å². The van der Waals surface area contributed by atoms with Crippen molar-refractivity contribution in [2.24, 2.45) is 4.99 Å². The number of hydrogen-bond donors (Lipinski definition) is 0. The van der Waals surface area contributed by atoms with Crippen LogP contribution in [0.3, 0.4) is 0 Å². The number of hydrogen-bond acceptors (Lipinski definition) is 1. The van der Waals surface area contributed by atoms with Gasteiger partial charge in [0, 0.05) is 42.7 Å². The van der Waals surface area contributed by atoms with E-state index in [-0.39, 0.29) is 0 Å². The topological polar surface area (TPSA) is 17.3 Å². The Kier molecular flexibility index (Phi) is 5.30. The van der Waals surface area contributed by atoms with Gasteiger partial charge >= 0.3 is 0 Å². The molecular formula is C24H26N2. The van der Waals surface area contributed by atoms with E-state index in [2.05, 4.69) is 82.5 Å². The minimum Gasteiger partial charge on any atom is -0.351 e. The van der Waals surface area contributed by atoms with Gasteiger partial charge in [-0.2, -0.15) is 0 Å². The molecule has 5 rings (SSSR count). The highest BCUT2D eigenvalue weighted by atomic mass is 15.0. The zero-order valence-electron chi connectivity index (χ0n) is 15.3. The standard InChI is InChI=1S/C13H13N.C11H13N/c1-2-5-11(6-3-1)12-8-10-14-9-4-7-13(12)14;1-2-5-10(6-3-1)9-11-7-4-8-12-11/h1-3,5-6,8,10H,4,7,9H2;1-3,5-6H,4,7-9H2. The minimum atomic E-state index is 1.04. The second-order valence-corrected chi connectivity index (χ2v) is 7.05. The summed E-state index contributed by atoms with van der Waals surface area (Å²) >= 11 is 0. The molecule has 0 spiro atoms. The van der Waals surface area contributed by atoms with Gasteiger partial charge in [-0.15, -0.1) is 0 Å². The van der Waals surface area contributed by atoms with E-state index in [1.807, 2.05) is 0 Å². The van der Waals surface area contributed by atoms with Gasteiger partial charge in [0.1, 0.15) is 0 Å². The first-order chi connectivity index (χ1) is 12.9. The summed E-state index contributed by atoms with van der Waals surface area (Å²) < 4.78 is 2.38. The van der Waals surface area contributed by atoms with Gasteiger partial charge in [0.05, 0.1) is 0 Å². The Bertz CT molecular complexity index is 860. The SMILES string of the molecule is c1ccc(-c2ccn3c2CCC3)cc1.c1ccc(CC2=NCCC2)cc1. The van der Waals surface area contributed by atoms with E-state index in [4.69, 9.17) is 0 Å². The van der Waals surface area contributed by atoms with Crippen LogP contribution in [0.4, 0.5) is 0 Å². The highest BCUT2D eigenvalue weighted by Crippen LogP contribution is 2.29. The monoisotopic (exact) mass is 342 g/mol. The van der Waals surface area contributed by atoms with E-state index in [0.29, 0.717) is 0 Å². The van der Waals surface area contributed by atoms with Crippen molar-refractivity contribution in [1.82, 2.24) is 4.57 Å². The van der Waals surface area contributed by atoms with Crippen LogP contribution in [-0.2, 0) is 19.4 Å². The Morgan fingerprint density at radius 3 is 2.31 bits per heavy atom. The van der Waals surface area contributed by atoms with Crippen molar-refractivity contribution < 1.29 is 0 Å². The molecule has 0 aliphatic carbocycles. The van der Waals surface area contributed by atoms with Crippen LogP contribution in [0.1, 0.15) is 30.5 Å². The average molecular weight is 342 g/mol. The summed E-state index contributed by atoms with van der Waals surface area (Å²) in [4.78, 5) is 4.45. The van der Waals surface area contributed by atoms with Crippen LogP contribution in [0, 0.1) is 0 Å². The molecule has 2 nitrogen and oxygen atoms in total. The van der Waals surface area contributed by atoms with Gasteiger partial charge in [-0.05, 0) is 42.9 Å². The van der Waals surface area contributed by atoms with Crippen molar-refractivity contribution in [2.45, 2.75) is 38.6 Å². The lowest BCUT2D eigenvalue weighted by Gasteiger charge is -2.01. The summed E-state index contributed by atoms with van der Waals surface area (Å²) in [7, 11) is 0.